The van der Waals surface area contributed by atoms with Crippen molar-refractivity contribution in [1.82, 2.24) is 0 Å². The molecular weight excluding hydrogens is 256 g/mol. The fourth-order valence-corrected chi connectivity index (χ4v) is 2.10. The number of aldehydes is 1. The van der Waals surface area contributed by atoms with Crippen molar-refractivity contribution in [2.24, 2.45) is 5.92 Å². The quantitative estimate of drug-likeness (QED) is 0.782. The van der Waals surface area contributed by atoms with E-state index in [1.807, 2.05) is 6.07 Å². The minimum Gasteiger partial charge on any atom is -0.493 e. The van der Waals surface area contributed by atoms with Crippen LogP contribution in [0.1, 0.15) is 29.6 Å². The first-order valence-electron chi connectivity index (χ1n) is 5.16. The van der Waals surface area contributed by atoms with Gasteiger partial charge in [-0.2, -0.15) is 0 Å². The van der Waals surface area contributed by atoms with Crippen molar-refractivity contribution in [3.8, 4) is 5.75 Å². The Morgan fingerprint density at radius 2 is 2.20 bits per heavy atom. The highest BCUT2D eigenvalue weighted by Gasteiger charge is 2.17. The maximum absolute atomic E-state index is 10.6. The Hall–Kier alpha value is -0.830. The molecule has 2 nitrogen and oxygen atoms in total. The number of carbonyl (C=O) groups excluding carboxylic acids is 1. The molecule has 3 heteroatoms. The molecule has 15 heavy (non-hydrogen) atoms. The van der Waals surface area contributed by atoms with Crippen LogP contribution in [0.5, 0.6) is 5.75 Å². The van der Waals surface area contributed by atoms with Gasteiger partial charge < -0.3 is 4.74 Å². The fourth-order valence-electron chi connectivity index (χ4n) is 1.61. The molecule has 2 rings (SSSR count). The maximum Gasteiger partial charge on any atom is 0.150 e. The Labute approximate surface area is 97.8 Å². The zero-order valence-corrected chi connectivity index (χ0v) is 10.00. The van der Waals surface area contributed by atoms with E-state index in [0.717, 1.165) is 23.1 Å². The molecule has 0 aromatic heterocycles. The summed E-state index contributed by atoms with van der Waals surface area (Å²) in [6.07, 6.45) is 4.70. The molecule has 0 atom stereocenters. The smallest absolute Gasteiger partial charge is 0.150 e. The Morgan fingerprint density at radius 3 is 2.80 bits per heavy atom. The fraction of sp³-hybridized carbons (Fsp3) is 0.417. The SMILES string of the molecule is O=Cc1cc(Br)cc(OCC2CCC2)c1. The summed E-state index contributed by atoms with van der Waals surface area (Å²) in [5.41, 5.74) is 0.646. The average Bonchev–Trinajstić information content (AvgIpc) is 2.14. The van der Waals surface area contributed by atoms with Gasteiger partial charge in [0.2, 0.25) is 0 Å². The Morgan fingerprint density at radius 1 is 1.40 bits per heavy atom. The van der Waals surface area contributed by atoms with Gasteiger partial charge in [0.1, 0.15) is 12.0 Å². The summed E-state index contributed by atoms with van der Waals surface area (Å²) in [5.74, 6) is 1.49. The summed E-state index contributed by atoms with van der Waals surface area (Å²) >= 11 is 3.35. The van der Waals surface area contributed by atoms with Gasteiger partial charge in [-0.15, -0.1) is 0 Å². The van der Waals surface area contributed by atoms with E-state index in [4.69, 9.17) is 4.74 Å². The van der Waals surface area contributed by atoms with Gasteiger partial charge in [-0.1, -0.05) is 22.4 Å². The number of hydrogen-bond acceptors (Lipinski definition) is 2. The molecule has 1 aliphatic carbocycles. The van der Waals surface area contributed by atoms with Crippen molar-refractivity contribution in [3.05, 3.63) is 28.2 Å². The highest BCUT2D eigenvalue weighted by molar-refractivity contribution is 9.10. The summed E-state index contributed by atoms with van der Waals surface area (Å²) in [7, 11) is 0. The molecule has 0 heterocycles. The molecule has 0 unspecified atom stereocenters. The minimum absolute atomic E-state index is 0.646. The van der Waals surface area contributed by atoms with Crippen molar-refractivity contribution in [2.45, 2.75) is 19.3 Å². The van der Waals surface area contributed by atoms with Gasteiger partial charge in [-0.25, -0.2) is 0 Å². The third kappa shape index (κ3) is 2.81. The number of halogens is 1. The maximum atomic E-state index is 10.6. The van der Waals surface area contributed by atoms with Crippen LogP contribution in [0.3, 0.4) is 0 Å². The standard InChI is InChI=1S/C12H13BrO2/c13-11-4-10(7-14)5-12(6-11)15-8-9-2-1-3-9/h4-7,9H,1-3,8H2. The molecule has 1 aromatic rings. The third-order valence-corrected chi connectivity index (χ3v) is 3.20. The van der Waals surface area contributed by atoms with Crippen LogP contribution >= 0.6 is 15.9 Å². The van der Waals surface area contributed by atoms with E-state index in [2.05, 4.69) is 15.9 Å². The van der Waals surface area contributed by atoms with E-state index in [0.29, 0.717) is 11.5 Å². The lowest BCUT2D eigenvalue weighted by Gasteiger charge is -2.25. The molecule has 0 bridgehead atoms. The van der Waals surface area contributed by atoms with E-state index >= 15 is 0 Å². The molecule has 1 saturated carbocycles. The number of benzene rings is 1. The van der Waals surface area contributed by atoms with Crippen LogP contribution in [0.15, 0.2) is 22.7 Å². The average molecular weight is 269 g/mol. The van der Waals surface area contributed by atoms with E-state index < -0.39 is 0 Å². The second-order valence-electron chi connectivity index (χ2n) is 3.95. The summed E-state index contributed by atoms with van der Waals surface area (Å²) < 4.78 is 6.53. The normalized spacial score (nSPS) is 15.8. The second kappa shape index (κ2) is 4.79. The van der Waals surface area contributed by atoms with Crippen LogP contribution in [-0.4, -0.2) is 12.9 Å². The van der Waals surface area contributed by atoms with Gasteiger partial charge in [0.25, 0.3) is 0 Å². The van der Waals surface area contributed by atoms with Crippen molar-refractivity contribution < 1.29 is 9.53 Å². The summed E-state index contributed by atoms with van der Waals surface area (Å²) in [6.45, 7) is 0.773. The first kappa shape index (κ1) is 10.7. The summed E-state index contributed by atoms with van der Waals surface area (Å²) in [6, 6.07) is 5.45. The molecule has 0 spiro atoms. The van der Waals surface area contributed by atoms with Crippen LogP contribution in [-0.2, 0) is 0 Å². The lowest BCUT2D eigenvalue weighted by Crippen LogP contribution is -2.19. The molecule has 1 aliphatic rings. The molecule has 0 saturated heterocycles. The van der Waals surface area contributed by atoms with Crippen LogP contribution in [0.4, 0.5) is 0 Å². The Kier molecular flexibility index (Phi) is 3.41. The highest BCUT2D eigenvalue weighted by Crippen LogP contribution is 2.28. The van der Waals surface area contributed by atoms with Gasteiger partial charge in [-0.05, 0) is 37.0 Å². The Balaban J connectivity index is 1.99. The number of rotatable bonds is 4. The number of ether oxygens (including phenoxy) is 1. The molecule has 1 fully saturated rings. The number of carbonyl (C=O) groups is 1. The zero-order valence-electron chi connectivity index (χ0n) is 8.41. The van der Waals surface area contributed by atoms with E-state index in [1.165, 1.54) is 19.3 Å². The highest BCUT2D eigenvalue weighted by atomic mass is 79.9. The van der Waals surface area contributed by atoms with Crippen molar-refractivity contribution in [2.75, 3.05) is 6.61 Å². The lowest BCUT2D eigenvalue weighted by atomic mass is 9.86. The monoisotopic (exact) mass is 268 g/mol. The Bertz CT molecular complexity index is 359. The van der Waals surface area contributed by atoms with Crippen molar-refractivity contribution in [1.29, 1.82) is 0 Å². The first-order valence-corrected chi connectivity index (χ1v) is 5.96. The predicted molar refractivity (Wildman–Crippen MR) is 62.4 cm³/mol. The van der Waals surface area contributed by atoms with Gasteiger partial charge >= 0.3 is 0 Å². The first-order chi connectivity index (χ1) is 7.28. The van der Waals surface area contributed by atoms with Crippen LogP contribution in [0.2, 0.25) is 0 Å². The molecule has 80 valence electrons. The van der Waals surface area contributed by atoms with Crippen molar-refractivity contribution >= 4 is 22.2 Å². The summed E-state index contributed by atoms with van der Waals surface area (Å²) in [4.78, 5) is 10.6. The van der Waals surface area contributed by atoms with E-state index in [1.54, 1.807) is 12.1 Å². The molecule has 0 radical (unpaired) electrons. The van der Waals surface area contributed by atoms with Gasteiger partial charge in [0, 0.05) is 10.0 Å². The number of hydrogen-bond donors (Lipinski definition) is 0. The molecule has 0 amide bonds. The van der Waals surface area contributed by atoms with Crippen LogP contribution in [0, 0.1) is 5.92 Å². The van der Waals surface area contributed by atoms with Crippen LogP contribution < -0.4 is 4.74 Å². The molecule has 0 N–H and O–H groups in total. The third-order valence-electron chi connectivity index (χ3n) is 2.74. The van der Waals surface area contributed by atoms with E-state index in [9.17, 15) is 4.79 Å². The molecular formula is C12H13BrO2. The van der Waals surface area contributed by atoms with Crippen molar-refractivity contribution in [3.63, 3.8) is 0 Å². The second-order valence-corrected chi connectivity index (χ2v) is 4.86. The molecule has 1 aromatic carbocycles. The zero-order chi connectivity index (χ0) is 10.7. The predicted octanol–water partition coefficient (Wildman–Crippen LogP) is 3.44. The lowest BCUT2D eigenvalue weighted by molar-refractivity contribution is 0.112. The largest absolute Gasteiger partial charge is 0.493 e. The molecule has 0 aliphatic heterocycles. The summed E-state index contributed by atoms with van der Waals surface area (Å²) in [5, 5.41) is 0. The van der Waals surface area contributed by atoms with Gasteiger partial charge in [0.15, 0.2) is 0 Å². The van der Waals surface area contributed by atoms with Gasteiger partial charge in [0.05, 0.1) is 6.61 Å². The minimum atomic E-state index is 0.646. The topological polar surface area (TPSA) is 26.3 Å². The van der Waals surface area contributed by atoms with Gasteiger partial charge in [-0.3, -0.25) is 4.79 Å². The van der Waals surface area contributed by atoms with E-state index in [-0.39, 0.29) is 0 Å². The van der Waals surface area contributed by atoms with Crippen LogP contribution in [0.25, 0.3) is 0 Å².